The van der Waals surface area contributed by atoms with Crippen LogP contribution in [0.3, 0.4) is 0 Å². The first kappa shape index (κ1) is 17.9. The van der Waals surface area contributed by atoms with Crippen LogP contribution in [0.5, 0.6) is 0 Å². The molecular weight excluding hydrogens is 362 g/mol. The van der Waals surface area contributed by atoms with Gasteiger partial charge in [-0.15, -0.1) is 0 Å². The minimum absolute atomic E-state index is 0.0177. The highest BCUT2D eigenvalue weighted by Crippen LogP contribution is 2.27. The number of sulfonamides is 1. The van der Waals surface area contributed by atoms with Crippen molar-refractivity contribution in [2.24, 2.45) is 0 Å². The minimum Gasteiger partial charge on any atom is -0.314 e. The SMILES string of the molecule is CC(C)NCCCS(=O)(=O)Nc1ccc([N+](=O)[O-])cc1Br. The maximum atomic E-state index is 11.9. The Morgan fingerprint density at radius 3 is 2.57 bits per heavy atom. The van der Waals surface area contributed by atoms with E-state index in [4.69, 9.17) is 0 Å². The third-order valence-electron chi connectivity index (χ3n) is 2.57. The Morgan fingerprint density at radius 2 is 2.05 bits per heavy atom. The second kappa shape index (κ2) is 7.71. The number of hydrogen-bond donors (Lipinski definition) is 2. The lowest BCUT2D eigenvalue weighted by Crippen LogP contribution is -2.26. The van der Waals surface area contributed by atoms with Crippen molar-refractivity contribution in [1.29, 1.82) is 0 Å². The first-order valence-corrected chi connectivity index (χ1v) is 8.83. The number of nitrogens with zero attached hydrogens (tertiary/aromatic N) is 1. The summed E-state index contributed by atoms with van der Waals surface area (Å²) < 4.78 is 26.6. The van der Waals surface area contributed by atoms with Crippen LogP contribution in [-0.4, -0.2) is 31.7 Å². The first-order valence-electron chi connectivity index (χ1n) is 6.39. The van der Waals surface area contributed by atoms with Crippen LogP contribution >= 0.6 is 15.9 Å². The van der Waals surface area contributed by atoms with Gasteiger partial charge in [0.15, 0.2) is 0 Å². The predicted molar refractivity (Wildman–Crippen MR) is 86.0 cm³/mol. The average Bonchev–Trinajstić information content (AvgIpc) is 2.36. The molecular formula is C12H18BrN3O4S. The summed E-state index contributed by atoms with van der Waals surface area (Å²) in [7, 11) is -3.48. The summed E-state index contributed by atoms with van der Waals surface area (Å²) >= 11 is 3.13. The maximum absolute atomic E-state index is 11.9. The van der Waals surface area contributed by atoms with Gasteiger partial charge in [0.2, 0.25) is 10.0 Å². The molecule has 0 aliphatic carbocycles. The van der Waals surface area contributed by atoms with E-state index in [1.54, 1.807) is 0 Å². The summed E-state index contributed by atoms with van der Waals surface area (Å²) in [6.07, 6.45) is 0.484. The molecule has 1 aromatic rings. The molecule has 1 aromatic carbocycles. The fourth-order valence-electron chi connectivity index (χ4n) is 1.57. The topological polar surface area (TPSA) is 101 Å². The van der Waals surface area contributed by atoms with E-state index in [-0.39, 0.29) is 17.1 Å². The number of nitro benzene ring substituents is 1. The summed E-state index contributed by atoms with van der Waals surface area (Å²) in [4.78, 5) is 10.1. The number of benzene rings is 1. The monoisotopic (exact) mass is 379 g/mol. The van der Waals surface area contributed by atoms with Crippen molar-refractivity contribution in [2.75, 3.05) is 17.0 Å². The fourth-order valence-corrected chi connectivity index (χ4v) is 3.31. The van der Waals surface area contributed by atoms with E-state index < -0.39 is 14.9 Å². The first-order chi connectivity index (χ1) is 9.71. The lowest BCUT2D eigenvalue weighted by molar-refractivity contribution is -0.384. The van der Waals surface area contributed by atoms with Crippen LogP contribution in [-0.2, 0) is 10.0 Å². The summed E-state index contributed by atoms with van der Waals surface area (Å²) in [5.74, 6) is -0.0177. The number of nitrogens with one attached hydrogen (secondary N) is 2. The number of rotatable bonds is 8. The van der Waals surface area contributed by atoms with Gasteiger partial charge in [-0.1, -0.05) is 13.8 Å². The third-order valence-corrected chi connectivity index (χ3v) is 4.58. The molecule has 0 bridgehead atoms. The minimum atomic E-state index is -3.48. The molecule has 0 aromatic heterocycles. The summed E-state index contributed by atoms with van der Waals surface area (Å²) in [5, 5.41) is 13.8. The van der Waals surface area contributed by atoms with Crippen molar-refractivity contribution < 1.29 is 13.3 Å². The van der Waals surface area contributed by atoms with Crippen molar-refractivity contribution in [3.63, 3.8) is 0 Å². The molecule has 0 spiro atoms. The van der Waals surface area contributed by atoms with Crippen LogP contribution in [0.4, 0.5) is 11.4 Å². The Labute approximate surface area is 132 Å². The van der Waals surface area contributed by atoms with Crippen molar-refractivity contribution in [3.8, 4) is 0 Å². The average molecular weight is 380 g/mol. The molecule has 0 amide bonds. The smallest absolute Gasteiger partial charge is 0.270 e. The fraction of sp³-hybridized carbons (Fsp3) is 0.500. The quantitative estimate of drug-likeness (QED) is 0.410. The van der Waals surface area contributed by atoms with Crippen LogP contribution < -0.4 is 10.0 Å². The van der Waals surface area contributed by atoms with Gasteiger partial charge in [0.25, 0.3) is 5.69 Å². The van der Waals surface area contributed by atoms with E-state index in [0.29, 0.717) is 23.5 Å². The Bertz CT molecular complexity index is 605. The van der Waals surface area contributed by atoms with Gasteiger partial charge in [0.1, 0.15) is 0 Å². The molecule has 0 fully saturated rings. The Hall–Kier alpha value is -1.19. The van der Waals surface area contributed by atoms with E-state index in [1.165, 1.54) is 18.2 Å². The molecule has 0 atom stereocenters. The van der Waals surface area contributed by atoms with E-state index in [1.807, 2.05) is 13.8 Å². The van der Waals surface area contributed by atoms with Gasteiger partial charge in [-0.2, -0.15) is 0 Å². The number of halogens is 1. The highest BCUT2D eigenvalue weighted by Gasteiger charge is 2.14. The van der Waals surface area contributed by atoms with E-state index in [0.717, 1.165) is 0 Å². The zero-order valence-corrected chi connectivity index (χ0v) is 14.2. The number of anilines is 1. The summed E-state index contributed by atoms with van der Waals surface area (Å²) in [6.45, 7) is 4.58. The maximum Gasteiger partial charge on any atom is 0.270 e. The standard InChI is InChI=1S/C12H18BrN3O4S/c1-9(2)14-6-3-7-21(19,20)15-12-5-4-10(16(17)18)8-11(12)13/h4-5,8-9,14-15H,3,6-7H2,1-2H3. The molecule has 0 unspecified atom stereocenters. The van der Waals surface area contributed by atoms with Crippen molar-refractivity contribution >= 4 is 37.3 Å². The Kier molecular flexibility index (Phi) is 6.56. The number of hydrogen-bond acceptors (Lipinski definition) is 5. The third kappa shape index (κ3) is 6.40. The molecule has 118 valence electrons. The molecule has 1 rings (SSSR count). The summed E-state index contributed by atoms with van der Waals surface area (Å²) in [6, 6.07) is 4.19. The molecule has 21 heavy (non-hydrogen) atoms. The number of nitro groups is 1. The predicted octanol–water partition coefficient (Wildman–Crippen LogP) is 2.49. The van der Waals surface area contributed by atoms with Crippen molar-refractivity contribution in [3.05, 3.63) is 32.8 Å². The van der Waals surface area contributed by atoms with Crippen LogP contribution in [0.1, 0.15) is 20.3 Å². The zero-order valence-electron chi connectivity index (χ0n) is 11.8. The van der Waals surface area contributed by atoms with E-state index >= 15 is 0 Å². The Balaban J connectivity index is 2.65. The largest absolute Gasteiger partial charge is 0.314 e. The molecule has 0 saturated carbocycles. The zero-order chi connectivity index (χ0) is 16.0. The van der Waals surface area contributed by atoms with E-state index in [2.05, 4.69) is 26.0 Å². The number of non-ortho nitro benzene ring substituents is 1. The molecule has 0 saturated heterocycles. The molecule has 0 heterocycles. The lowest BCUT2D eigenvalue weighted by atomic mass is 10.3. The lowest BCUT2D eigenvalue weighted by Gasteiger charge is -2.11. The van der Waals surface area contributed by atoms with Gasteiger partial charge in [-0.25, -0.2) is 8.42 Å². The van der Waals surface area contributed by atoms with Gasteiger partial charge in [0, 0.05) is 22.6 Å². The highest BCUT2D eigenvalue weighted by atomic mass is 79.9. The van der Waals surface area contributed by atoms with Crippen LogP contribution in [0.25, 0.3) is 0 Å². The molecule has 0 aliphatic rings. The van der Waals surface area contributed by atoms with Gasteiger partial charge in [-0.3, -0.25) is 14.8 Å². The molecule has 0 aliphatic heterocycles. The van der Waals surface area contributed by atoms with Gasteiger partial charge in [0.05, 0.1) is 16.4 Å². The van der Waals surface area contributed by atoms with Crippen LogP contribution in [0.2, 0.25) is 0 Å². The normalized spacial score (nSPS) is 11.6. The molecule has 9 heteroatoms. The van der Waals surface area contributed by atoms with Gasteiger partial charge >= 0.3 is 0 Å². The van der Waals surface area contributed by atoms with Gasteiger partial charge in [-0.05, 0) is 35.0 Å². The van der Waals surface area contributed by atoms with Crippen molar-refractivity contribution in [1.82, 2.24) is 5.32 Å². The highest BCUT2D eigenvalue weighted by molar-refractivity contribution is 9.10. The summed E-state index contributed by atoms with van der Waals surface area (Å²) in [5.41, 5.74) is 0.184. The molecule has 2 N–H and O–H groups in total. The molecule has 7 nitrogen and oxygen atoms in total. The van der Waals surface area contributed by atoms with Crippen molar-refractivity contribution in [2.45, 2.75) is 26.3 Å². The Morgan fingerprint density at radius 1 is 1.38 bits per heavy atom. The van der Waals surface area contributed by atoms with E-state index in [9.17, 15) is 18.5 Å². The van der Waals surface area contributed by atoms with Crippen LogP contribution in [0, 0.1) is 10.1 Å². The van der Waals surface area contributed by atoms with Gasteiger partial charge < -0.3 is 5.32 Å². The van der Waals surface area contributed by atoms with Crippen LogP contribution in [0.15, 0.2) is 22.7 Å². The second-order valence-corrected chi connectivity index (χ2v) is 7.50. The second-order valence-electron chi connectivity index (χ2n) is 4.80. The molecule has 0 radical (unpaired) electrons.